The third-order valence-corrected chi connectivity index (χ3v) is 4.32. The van der Waals surface area contributed by atoms with Crippen molar-refractivity contribution in [1.29, 1.82) is 0 Å². The van der Waals surface area contributed by atoms with Crippen molar-refractivity contribution in [2.24, 2.45) is 11.3 Å². The topological polar surface area (TPSA) is 20.2 Å². The van der Waals surface area contributed by atoms with Gasteiger partial charge >= 0.3 is 0 Å². The zero-order valence-electron chi connectivity index (χ0n) is 12.3. The smallest absolute Gasteiger partial charge is 0.0642 e. The predicted octanol–water partition coefficient (Wildman–Crippen LogP) is 4.78. The maximum Gasteiger partial charge on any atom is 0.0642 e. The second-order valence-electron chi connectivity index (χ2n) is 6.44. The summed E-state index contributed by atoms with van der Waals surface area (Å²) in [5, 5.41) is 10.2. The summed E-state index contributed by atoms with van der Waals surface area (Å²) in [6.07, 6.45) is 6.44. The first kappa shape index (κ1) is 16.0. The van der Waals surface area contributed by atoms with E-state index in [-0.39, 0.29) is 0 Å². The molecule has 1 heteroatoms. The van der Waals surface area contributed by atoms with Gasteiger partial charge in [-0.2, -0.15) is 0 Å². The standard InChI is InChI=1S/C15H32O/c1-7-15(16,8-2)12-10-9-11-13(3)14(4,5)6/h13,16H,7-12H2,1-6H3. The summed E-state index contributed by atoms with van der Waals surface area (Å²) in [5.74, 6) is 0.767. The van der Waals surface area contributed by atoms with Crippen molar-refractivity contribution in [3.8, 4) is 0 Å². The summed E-state index contributed by atoms with van der Waals surface area (Å²) in [6.45, 7) is 13.4. The minimum Gasteiger partial charge on any atom is -0.390 e. The fourth-order valence-corrected chi connectivity index (χ4v) is 1.94. The molecule has 0 heterocycles. The molecule has 16 heavy (non-hydrogen) atoms. The highest BCUT2D eigenvalue weighted by Crippen LogP contribution is 2.30. The third-order valence-electron chi connectivity index (χ3n) is 4.32. The fourth-order valence-electron chi connectivity index (χ4n) is 1.94. The van der Waals surface area contributed by atoms with E-state index in [1.165, 1.54) is 19.3 Å². The highest BCUT2D eigenvalue weighted by molar-refractivity contribution is 4.75. The van der Waals surface area contributed by atoms with Crippen molar-refractivity contribution < 1.29 is 5.11 Å². The quantitative estimate of drug-likeness (QED) is 0.622. The molecule has 0 aliphatic heterocycles. The minimum atomic E-state index is -0.398. The van der Waals surface area contributed by atoms with Crippen LogP contribution in [0.3, 0.4) is 0 Å². The van der Waals surface area contributed by atoms with Crippen LogP contribution >= 0.6 is 0 Å². The third kappa shape index (κ3) is 5.89. The van der Waals surface area contributed by atoms with Crippen LogP contribution in [0.2, 0.25) is 0 Å². The van der Waals surface area contributed by atoms with Crippen molar-refractivity contribution in [2.45, 2.75) is 85.7 Å². The maximum absolute atomic E-state index is 10.2. The molecule has 1 nitrogen and oxygen atoms in total. The van der Waals surface area contributed by atoms with Gasteiger partial charge < -0.3 is 5.11 Å². The van der Waals surface area contributed by atoms with Gasteiger partial charge in [0.15, 0.2) is 0 Å². The molecule has 0 amide bonds. The molecular weight excluding hydrogens is 196 g/mol. The molecule has 0 saturated heterocycles. The van der Waals surface area contributed by atoms with Gasteiger partial charge in [0.1, 0.15) is 0 Å². The number of rotatable bonds is 7. The Morgan fingerprint density at radius 1 is 1.00 bits per heavy atom. The first-order valence-corrected chi connectivity index (χ1v) is 6.97. The van der Waals surface area contributed by atoms with Gasteiger partial charge in [0, 0.05) is 0 Å². The predicted molar refractivity (Wildman–Crippen MR) is 72.6 cm³/mol. The molecule has 0 saturated carbocycles. The SMILES string of the molecule is CCC(O)(CC)CCCCC(C)C(C)(C)C. The maximum atomic E-state index is 10.2. The molecule has 0 aromatic rings. The lowest BCUT2D eigenvalue weighted by Gasteiger charge is -2.28. The van der Waals surface area contributed by atoms with Crippen LogP contribution in [0, 0.1) is 11.3 Å². The Bertz CT molecular complexity index is 174. The van der Waals surface area contributed by atoms with Crippen LogP contribution in [0.5, 0.6) is 0 Å². The van der Waals surface area contributed by atoms with Crippen LogP contribution < -0.4 is 0 Å². The van der Waals surface area contributed by atoms with E-state index in [1.807, 2.05) is 0 Å². The minimum absolute atomic E-state index is 0.398. The molecule has 0 spiro atoms. The van der Waals surface area contributed by atoms with Gasteiger partial charge in [-0.05, 0) is 30.6 Å². The van der Waals surface area contributed by atoms with Crippen LogP contribution in [-0.2, 0) is 0 Å². The van der Waals surface area contributed by atoms with E-state index in [1.54, 1.807) is 0 Å². The Morgan fingerprint density at radius 3 is 1.88 bits per heavy atom. The van der Waals surface area contributed by atoms with Crippen molar-refractivity contribution in [3.63, 3.8) is 0 Å². The van der Waals surface area contributed by atoms with Crippen LogP contribution in [-0.4, -0.2) is 10.7 Å². The average Bonchev–Trinajstić information content (AvgIpc) is 2.22. The summed E-state index contributed by atoms with van der Waals surface area (Å²) in [6, 6.07) is 0. The van der Waals surface area contributed by atoms with Crippen molar-refractivity contribution in [2.75, 3.05) is 0 Å². The molecule has 98 valence electrons. The normalized spacial score (nSPS) is 15.2. The molecule has 0 aliphatic rings. The average molecular weight is 228 g/mol. The van der Waals surface area contributed by atoms with Gasteiger partial charge in [-0.25, -0.2) is 0 Å². The monoisotopic (exact) mass is 228 g/mol. The van der Waals surface area contributed by atoms with Crippen LogP contribution in [0.15, 0.2) is 0 Å². The van der Waals surface area contributed by atoms with Gasteiger partial charge in [-0.1, -0.05) is 60.8 Å². The molecule has 0 aliphatic carbocycles. The van der Waals surface area contributed by atoms with Crippen LogP contribution in [0.4, 0.5) is 0 Å². The lowest BCUT2D eigenvalue weighted by molar-refractivity contribution is 0.0206. The second kappa shape index (κ2) is 6.64. The zero-order valence-corrected chi connectivity index (χ0v) is 12.3. The molecule has 0 bridgehead atoms. The molecule has 0 rings (SSSR count). The summed E-state index contributed by atoms with van der Waals surface area (Å²) >= 11 is 0. The Hall–Kier alpha value is -0.0400. The van der Waals surface area contributed by atoms with E-state index in [0.29, 0.717) is 5.41 Å². The summed E-state index contributed by atoms with van der Waals surface area (Å²) in [7, 11) is 0. The van der Waals surface area contributed by atoms with Crippen molar-refractivity contribution in [1.82, 2.24) is 0 Å². The Kier molecular flexibility index (Phi) is 6.62. The molecule has 0 aromatic carbocycles. The number of unbranched alkanes of at least 4 members (excludes halogenated alkanes) is 1. The van der Waals surface area contributed by atoms with Crippen molar-refractivity contribution in [3.05, 3.63) is 0 Å². The van der Waals surface area contributed by atoms with Gasteiger partial charge in [0.2, 0.25) is 0 Å². The number of aliphatic hydroxyl groups is 1. The van der Waals surface area contributed by atoms with E-state index in [9.17, 15) is 5.11 Å². The molecule has 1 N–H and O–H groups in total. The first-order valence-electron chi connectivity index (χ1n) is 6.97. The molecule has 0 fully saturated rings. The van der Waals surface area contributed by atoms with Crippen LogP contribution in [0.1, 0.15) is 80.1 Å². The Balaban J connectivity index is 3.76. The van der Waals surface area contributed by atoms with E-state index < -0.39 is 5.60 Å². The highest BCUT2D eigenvalue weighted by atomic mass is 16.3. The Morgan fingerprint density at radius 2 is 1.50 bits per heavy atom. The Labute approximate surface area is 103 Å². The largest absolute Gasteiger partial charge is 0.390 e. The summed E-state index contributed by atoms with van der Waals surface area (Å²) in [4.78, 5) is 0. The first-order chi connectivity index (χ1) is 7.25. The van der Waals surface area contributed by atoms with Gasteiger partial charge in [-0.15, -0.1) is 0 Å². The summed E-state index contributed by atoms with van der Waals surface area (Å²) in [5.41, 5.74) is 0.0246. The molecule has 1 atom stereocenters. The fraction of sp³-hybridized carbons (Fsp3) is 1.00. The van der Waals surface area contributed by atoms with Gasteiger partial charge in [-0.3, -0.25) is 0 Å². The molecule has 0 radical (unpaired) electrons. The summed E-state index contributed by atoms with van der Waals surface area (Å²) < 4.78 is 0. The molecule has 1 unspecified atom stereocenters. The highest BCUT2D eigenvalue weighted by Gasteiger charge is 2.22. The van der Waals surface area contributed by atoms with E-state index in [4.69, 9.17) is 0 Å². The van der Waals surface area contributed by atoms with Gasteiger partial charge in [0.05, 0.1) is 5.60 Å². The van der Waals surface area contributed by atoms with E-state index in [2.05, 4.69) is 41.5 Å². The number of hydrogen-bond donors (Lipinski definition) is 1. The lowest BCUT2D eigenvalue weighted by Crippen LogP contribution is -2.26. The van der Waals surface area contributed by atoms with Crippen molar-refractivity contribution >= 4 is 0 Å². The van der Waals surface area contributed by atoms with Crippen LogP contribution in [0.25, 0.3) is 0 Å². The van der Waals surface area contributed by atoms with E-state index >= 15 is 0 Å². The second-order valence-corrected chi connectivity index (χ2v) is 6.44. The lowest BCUT2D eigenvalue weighted by atomic mass is 9.79. The molecular formula is C15H32O. The molecule has 0 aromatic heterocycles. The van der Waals surface area contributed by atoms with E-state index in [0.717, 1.165) is 25.2 Å². The number of hydrogen-bond acceptors (Lipinski definition) is 1. The zero-order chi connectivity index (χ0) is 12.8. The van der Waals surface area contributed by atoms with Gasteiger partial charge in [0.25, 0.3) is 0 Å².